The van der Waals surface area contributed by atoms with Crippen LogP contribution in [0.4, 0.5) is 65.9 Å². The molecule has 0 aromatic heterocycles. The van der Waals surface area contributed by atoms with Crippen molar-refractivity contribution in [2.75, 3.05) is 0 Å². The third-order valence-electron chi connectivity index (χ3n) is 2.25. The van der Waals surface area contributed by atoms with Gasteiger partial charge in [0.15, 0.2) is 10.1 Å². The molecule has 29 heavy (non-hydrogen) atoms. The molecule has 0 aliphatic heterocycles. The summed E-state index contributed by atoms with van der Waals surface area (Å²) in [6.45, 7) is 0. The number of hydrogen-bond acceptors (Lipinski definition) is 5. The van der Waals surface area contributed by atoms with Crippen LogP contribution in [0.15, 0.2) is 0 Å². The molecule has 0 saturated heterocycles. The molecule has 1 atom stereocenters. The van der Waals surface area contributed by atoms with Gasteiger partial charge in [0.25, 0.3) is 0 Å². The number of ether oxygens (including phenoxy) is 2. The zero-order chi connectivity index (χ0) is 23.4. The summed E-state index contributed by atoms with van der Waals surface area (Å²) in [7, 11) is -7.79. The van der Waals surface area contributed by atoms with Crippen molar-refractivity contribution in [1.82, 2.24) is 0 Å². The molecule has 5 nitrogen and oxygen atoms in total. The first-order valence-corrected chi connectivity index (χ1v) is 6.76. The van der Waals surface area contributed by atoms with Crippen LogP contribution < -0.4 is 0 Å². The van der Waals surface area contributed by atoms with Gasteiger partial charge in [-0.05, 0) is 0 Å². The molecule has 1 radical (unpaired) electrons. The predicted octanol–water partition coefficient (Wildman–Crippen LogP) is 3.35. The van der Waals surface area contributed by atoms with Gasteiger partial charge in [0.2, 0.25) is 0 Å². The van der Waals surface area contributed by atoms with Crippen molar-refractivity contribution in [3.8, 4) is 0 Å². The molecule has 0 saturated carbocycles. The zero-order valence-corrected chi connectivity index (χ0v) is 16.6. The first kappa shape index (κ1) is 31.6. The summed E-state index contributed by atoms with van der Waals surface area (Å²) in [6, 6.07) is 0. The number of hydrogen-bond donors (Lipinski definition) is 0. The third kappa shape index (κ3) is 6.02. The van der Waals surface area contributed by atoms with Gasteiger partial charge >= 0.3 is 41.8 Å². The van der Waals surface area contributed by atoms with Crippen molar-refractivity contribution in [2.45, 2.75) is 41.8 Å². The number of halogens is 15. The maximum atomic E-state index is 13.4. The van der Waals surface area contributed by atoms with E-state index < -0.39 is 51.9 Å². The molecule has 1 unspecified atom stereocenters. The second-order valence-corrected chi connectivity index (χ2v) is 5.74. The van der Waals surface area contributed by atoms with Gasteiger partial charge in [0.05, 0.1) is 0 Å². The van der Waals surface area contributed by atoms with Crippen LogP contribution in [0.2, 0.25) is 0 Å². The molecule has 0 aromatic rings. The fraction of sp³-hybridized carbons (Fsp3) is 1.00. The van der Waals surface area contributed by atoms with Crippen molar-refractivity contribution >= 4 is 61.5 Å². The van der Waals surface area contributed by atoms with E-state index in [4.69, 9.17) is 0 Å². The van der Waals surface area contributed by atoms with Crippen molar-refractivity contribution in [2.24, 2.45) is 0 Å². The summed E-state index contributed by atoms with van der Waals surface area (Å²) in [5.74, 6) is -7.95. The predicted molar refractivity (Wildman–Crippen MR) is 53.4 cm³/mol. The van der Waals surface area contributed by atoms with Crippen molar-refractivity contribution < 1.29 is 88.3 Å². The molecule has 22 heteroatoms. The van der Waals surface area contributed by atoms with Gasteiger partial charge in [-0.3, -0.25) is 4.74 Å². The summed E-state index contributed by atoms with van der Waals surface area (Å²) in [4.78, 5) is 0. The van der Waals surface area contributed by atoms with Crippen LogP contribution in [0.1, 0.15) is 0 Å². The van der Waals surface area contributed by atoms with Gasteiger partial charge in [-0.15, -0.1) is 0 Å². The Hall–Kier alpha value is 0.416. The van der Waals surface area contributed by atoms with E-state index in [1.165, 1.54) is 9.47 Å². The van der Waals surface area contributed by atoms with Crippen molar-refractivity contribution in [1.29, 1.82) is 0 Å². The molecule has 0 rings (SSSR count). The maximum Gasteiger partial charge on any atom is 0.483 e. The molecule has 0 amide bonds. The van der Waals surface area contributed by atoms with Crippen LogP contribution in [0.3, 0.4) is 0 Å². The monoisotopic (exact) mass is 520 g/mol. The minimum atomic E-state index is -7.95. The van der Waals surface area contributed by atoms with Crippen LogP contribution in [0.25, 0.3) is 0 Å². The van der Waals surface area contributed by atoms with Gasteiger partial charge in [-0.1, -0.05) is 0 Å². The van der Waals surface area contributed by atoms with Crippen LogP contribution in [-0.4, -0.2) is 106 Å². The van der Waals surface area contributed by atoms with Gasteiger partial charge in [-0.2, -0.15) is 65.9 Å². The van der Waals surface area contributed by atoms with Gasteiger partial charge in [0, 0.05) is 51.4 Å². The molecule has 0 N–H and O–H groups in total. The second kappa shape index (κ2) is 8.40. The summed E-state index contributed by atoms with van der Waals surface area (Å²) in [5.41, 5.74) is 0. The minimum absolute atomic E-state index is 0. The van der Waals surface area contributed by atoms with E-state index in [2.05, 4.69) is 0 Å². The van der Waals surface area contributed by atoms with E-state index in [0.29, 0.717) is 0 Å². The SMILES string of the molecule is O=S(=O)([O-])C(F)(F)C(F)(F)OC(F)(C(F)(F)F)C(F)(F)OC(F)(F)C(F)(F)F.[K]. The largest absolute Gasteiger partial charge is 0.743 e. The topological polar surface area (TPSA) is 75.7 Å². The molecular formula is C7F15KO5S-. The normalized spacial score (nSPS) is 17.5. The van der Waals surface area contributed by atoms with Gasteiger partial charge in [-0.25, -0.2) is 13.2 Å². The second-order valence-electron chi connectivity index (χ2n) is 4.32. The molecule has 0 aliphatic rings. The molecule has 0 aromatic carbocycles. The van der Waals surface area contributed by atoms with E-state index in [0.717, 1.165) is 0 Å². The molecule has 0 heterocycles. The van der Waals surface area contributed by atoms with E-state index in [9.17, 15) is 78.8 Å². The summed E-state index contributed by atoms with van der Waals surface area (Å²) in [5, 5.41) is -7.44. The third-order valence-corrected chi connectivity index (χ3v) is 3.11. The average molecular weight is 520 g/mol. The number of alkyl halides is 15. The van der Waals surface area contributed by atoms with Crippen LogP contribution >= 0.6 is 0 Å². The zero-order valence-electron chi connectivity index (χ0n) is 12.6. The molecule has 0 aliphatic carbocycles. The van der Waals surface area contributed by atoms with Crippen LogP contribution in [0.5, 0.6) is 0 Å². The minimum Gasteiger partial charge on any atom is -0.743 e. The fourth-order valence-corrected chi connectivity index (χ4v) is 1.28. The molecule has 0 spiro atoms. The van der Waals surface area contributed by atoms with Gasteiger partial charge in [0.1, 0.15) is 0 Å². The maximum absolute atomic E-state index is 13.4. The van der Waals surface area contributed by atoms with Crippen molar-refractivity contribution in [3.63, 3.8) is 0 Å². The smallest absolute Gasteiger partial charge is 0.483 e. The first-order chi connectivity index (χ1) is 11.7. The van der Waals surface area contributed by atoms with E-state index >= 15 is 0 Å². The fourth-order valence-electron chi connectivity index (χ4n) is 0.948. The Balaban J connectivity index is 0. The van der Waals surface area contributed by atoms with E-state index in [-0.39, 0.29) is 51.4 Å². The van der Waals surface area contributed by atoms with E-state index in [1.54, 1.807) is 0 Å². The van der Waals surface area contributed by atoms with Crippen LogP contribution in [-0.2, 0) is 19.6 Å². The summed E-state index contributed by atoms with van der Waals surface area (Å²) in [6.07, 6.45) is -38.1. The Morgan fingerprint density at radius 3 is 1.14 bits per heavy atom. The molecular weight excluding hydrogens is 520 g/mol. The van der Waals surface area contributed by atoms with Gasteiger partial charge < -0.3 is 4.55 Å². The molecule has 0 fully saturated rings. The Labute approximate surface area is 190 Å². The van der Waals surface area contributed by atoms with Crippen molar-refractivity contribution in [3.05, 3.63) is 0 Å². The van der Waals surface area contributed by atoms with E-state index in [1.807, 2.05) is 0 Å². The first-order valence-electron chi connectivity index (χ1n) is 5.36. The summed E-state index contributed by atoms with van der Waals surface area (Å²) < 4.78 is 219. The Morgan fingerprint density at radius 1 is 0.552 bits per heavy atom. The standard InChI is InChI=1S/C7HF15O5S.K/c8-1(2(9,10)11,4(15,16)27-5(17,18)3(12,13)14)26-6(19,20)7(21,22)28(23,24)25;/h(H,23,24,25);/p-1. The molecule has 0 bridgehead atoms. The Bertz CT molecular complexity index is 684. The quantitative estimate of drug-likeness (QED) is 0.293. The average Bonchev–Trinajstić information content (AvgIpc) is 2.31. The van der Waals surface area contributed by atoms with Crippen LogP contribution in [0, 0.1) is 0 Å². The number of rotatable bonds is 7. The Kier molecular flexibility index (Phi) is 9.16. The Morgan fingerprint density at radius 2 is 0.897 bits per heavy atom. The summed E-state index contributed by atoms with van der Waals surface area (Å²) >= 11 is 0. The molecule has 171 valence electrons.